The van der Waals surface area contributed by atoms with Gasteiger partial charge in [-0.3, -0.25) is 4.79 Å². The smallest absolute Gasteiger partial charge is 0.242 e. The number of hydrogen-bond acceptors (Lipinski definition) is 2. The van der Waals surface area contributed by atoms with Gasteiger partial charge >= 0.3 is 0 Å². The maximum atomic E-state index is 11.8. The molecule has 0 spiro atoms. The van der Waals surface area contributed by atoms with Crippen molar-refractivity contribution < 1.29 is 4.79 Å². The summed E-state index contributed by atoms with van der Waals surface area (Å²) in [6, 6.07) is 5.99. The molecular formula is C13H15ClN2O. The molecule has 2 aliphatic rings. The SMILES string of the molecule is O=C1NCCC1N1CCCc2cc(Cl)ccc21. The van der Waals surface area contributed by atoms with Gasteiger partial charge in [-0.2, -0.15) is 0 Å². The van der Waals surface area contributed by atoms with Crippen LogP contribution < -0.4 is 10.2 Å². The lowest BCUT2D eigenvalue weighted by molar-refractivity contribution is -0.120. The third kappa shape index (κ3) is 1.89. The fourth-order valence-corrected chi connectivity index (χ4v) is 2.99. The normalized spacial score (nSPS) is 23.5. The molecule has 0 radical (unpaired) electrons. The number of carbonyl (C=O) groups excluding carboxylic acids is 1. The summed E-state index contributed by atoms with van der Waals surface area (Å²) in [6.45, 7) is 1.76. The first kappa shape index (κ1) is 10.9. The van der Waals surface area contributed by atoms with Gasteiger partial charge in [0.25, 0.3) is 0 Å². The van der Waals surface area contributed by atoms with Crippen LogP contribution in [0.4, 0.5) is 5.69 Å². The molecule has 3 rings (SSSR count). The summed E-state index contributed by atoms with van der Waals surface area (Å²) < 4.78 is 0. The van der Waals surface area contributed by atoms with Gasteiger partial charge in [0.15, 0.2) is 0 Å². The van der Waals surface area contributed by atoms with E-state index in [2.05, 4.69) is 10.2 Å². The van der Waals surface area contributed by atoms with Crippen LogP contribution in [0.25, 0.3) is 0 Å². The van der Waals surface area contributed by atoms with Crippen LogP contribution in [0.1, 0.15) is 18.4 Å². The van der Waals surface area contributed by atoms with Gasteiger partial charge in [-0.15, -0.1) is 0 Å². The minimum absolute atomic E-state index is 0.00947. The lowest BCUT2D eigenvalue weighted by atomic mass is 9.99. The highest BCUT2D eigenvalue weighted by Crippen LogP contribution is 2.32. The Labute approximate surface area is 106 Å². The summed E-state index contributed by atoms with van der Waals surface area (Å²) in [4.78, 5) is 14.0. The van der Waals surface area contributed by atoms with Crippen molar-refractivity contribution in [1.29, 1.82) is 0 Å². The van der Waals surface area contributed by atoms with E-state index in [1.807, 2.05) is 18.2 Å². The van der Waals surface area contributed by atoms with E-state index in [-0.39, 0.29) is 11.9 Å². The lowest BCUT2D eigenvalue weighted by Gasteiger charge is -2.34. The molecule has 0 aliphatic carbocycles. The van der Waals surface area contributed by atoms with Gasteiger partial charge < -0.3 is 10.2 Å². The van der Waals surface area contributed by atoms with Gasteiger partial charge in [0.1, 0.15) is 6.04 Å². The second-order valence-corrected chi connectivity index (χ2v) is 5.10. The predicted octanol–water partition coefficient (Wildman–Crippen LogP) is 1.98. The summed E-state index contributed by atoms with van der Waals surface area (Å²) in [5.74, 6) is 0.160. The minimum atomic E-state index is 0.00947. The molecule has 17 heavy (non-hydrogen) atoms. The average molecular weight is 251 g/mol. The minimum Gasteiger partial charge on any atom is -0.359 e. The Morgan fingerprint density at radius 1 is 1.41 bits per heavy atom. The van der Waals surface area contributed by atoms with Gasteiger partial charge in [-0.25, -0.2) is 0 Å². The van der Waals surface area contributed by atoms with E-state index in [0.29, 0.717) is 0 Å². The Bertz CT molecular complexity index is 461. The van der Waals surface area contributed by atoms with E-state index in [0.717, 1.165) is 37.4 Å². The molecule has 1 fully saturated rings. The standard InChI is InChI=1S/C13H15ClN2O/c14-10-3-4-11-9(8-10)2-1-7-16(11)12-5-6-15-13(12)17/h3-4,8,12H,1-2,5-7H2,(H,15,17). The molecular weight excluding hydrogens is 236 g/mol. The van der Waals surface area contributed by atoms with Crippen LogP contribution in [-0.4, -0.2) is 25.0 Å². The second kappa shape index (κ2) is 4.22. The molecule has 4 heteroatoms. The molecule has 2 aliphatic heterocycles. The molecule has 1 saturated heterocycles. The van der Waals surface area contributed by atoms with E-state index in [1.165, 1.54) is 11.3 Å². The summed E-state index contributed by atoms with van der Waals surface area (Å²) in [6.07, 6.45) is 3.05. The molecule has 0 saturated carbocycles. The molecule has 1 N–H and O–H groups in total. The summed E-state index contributed by atoms with van der Waals surface area (Å²) in [5.41, 5.74) is 2.45. The molecule has 1 unspecified atom stereocenters. The number of nitrogens with one attached hydrogen (secondary N) is 1. The Kier molecular flexibility index (Phi) is 2.71. The highest BCUT2D eigenvalue weighted by molar-refractivity contribution is 6.30. The summed E-state index contributed by atoms with van der Waals surface area (Å²) >= 11 is 6.01. The van der Waals surface area contributed by atoms with Crippen molar-refractivity contribution in [3.63, 3.8) is 0 Å². The number of hydrogen-bond donors (Lipinski definition) is 1. The van der Waals surface area contributed by atoms with Crippen molar-refractivity contribution in [2.75, 3.05) is 18.0 Å². The first-order chi connectivity index (χ1) is 8.25. The Hall–Kier alpha value is -1.22. The molecule has 2 heterocycles. The van der Waals surface area contributed by atoms with Crippen LogP contribution in [0.5, 0.6) is 0 Å². The third-order valence-corrected chi connectivity index (χ3v) is 3.83. The van der Waals surface area contributed by atoms with E-state index < -0.39 is 0 Å². The van der Waals surface area contributed by atoms with Crippen molar-refractivity contribution in [2.24, 2.45) is 0 Å². The van der Waals surface area contributed by atoms with E-state index in [9.17, 15) is 4.79 Å². The van der Waals surface area contributed by atoms with Crippen LogP contribution in [-0.2, 0) is 11.2 Å². The van der Waals surface area contributed by atoms with Crippen molar-refractivity contribution in [3.05, 3.63) is 28.8 Å². The van der Waals surface area contributed by atoms with Gasteiger partial charge in [-0.05, 0) is 43.0 Å². The lowest BCUT2D eigenvalue weighted by Crippen LogP contribution is -2.43. The number of nitrogens with zero attached hydrogens (tertiary/aromatic N) is 1. The zero-order valence-electron chi connectivity index (χ0n) is 9.58. The monoisotopic (exact) mass is 250 g/mol. The molecule has 1 atom stereocenters. The van der Waals surface area contributed by atoms with E-state index in [4.69, 9.17) is 11.6 Å². The first-order valence-corrected chi connectivity index (χ1v) is 6.46. The number of rotatable bonds is 1. The predicted molar refractivity (Wildman–Crippen MR) is 68.5 cm³/mol. The Morgan fingerprint density at radius 2 is 2.29 bits per heavy atom. The molecule has 1 aromatic carbocycles. The zero-order chi connectivity index (χ0) is 11.8. The number of fused-ring (bicyclic) bond motifs is 1. The number of benzene rings is 1. The van der Waals surface area contributed by atoms with Crippen LogP contribution >= 0.6 is 11.6 Å². The summed E-state index contributed by atoms with van der Waals surface area (Å²) in [7, 11) is 0. The molecule has 1 aromatic rings. The molecule has 90 valence electrons. The van der Waals surface area contributed by atoms with Crippen molar-refractivity contribution in [3.8, 4) is 0 Å². The topological polar surface area (TPSA) is 32.3 Å². The van der Waals surface area contributed by atoms with Gasteiger partial charge in [0.2, 0.25) is 5.91 Å². The van der Waals surface area contributed by atoms with Crippen molar-refractivity contribution in [2.45, 2.75) is 25.3 Å². The van der Waals surface area contributed by atoms with Crippen molar-refractivity contribution >= 4 is 23.2 Å². The van der Waals surface area contributed by atoms with E-state index >= 15 is 0 Å². The van der Waals surface area contributed by atoms with Crippen LogP contribution in [0.3, 0.4) is 0 Å². The molecule has 3 nitrogen and oxygen atoms in total. The summed E-state index contributed by atoms with van der Waals surface area (Å²) in [5, 5.41) is 3.68. The highest BCUT2D eigenvalue weighted by Gasteiger charge is 2.32. The number of anilines is 1. The number of halogens is 1. The Balaban J connectivity index is 1.96. The first-order valence-electron chi connectivity index (χ1n) is 6.08. The van der Waals surface area contributed by atoms with Crippen LogP contribution in [0.15, 0.2) is 18.2 Å². The second-order valence-electron chi connectivity index (χ2n) is 4.67. The van der Waals surface area contributed by atoms with E-state index in [1.54, 1.807) is 0 Å². The quantitative estimate of drug-likeness (QED) is 0.827. The highest BCUT2D eigenvalue weighted by atomic mass is 35.5. The molecule has 1 amide bonds. The Morgan fingerprint density at radius 3 is 3.06 bits per heavy atom. The molecule has 0 aromatic heterocycles. The number of aryl methyl sites for hydroxylation is 1. The largest absolute Gasteiger partial charge is 0.359 e. The van der Waals surface area contributed by atoms with Gasteiger partial charge in [-0.1, -0.05) is 11.6 Å². The van der Waals surface area contributed by atoms with Crippen LogP contribution in [0, 0.1) is 0 Å². The number of carbonyl (C=O) groups is 1. The molecule has 0 bridgehead atoms. The van der Waals surface area contributed by atoms with Crippen molar-refractivity contribution in [1.82, 2.24) is 5.32 Å². The van der Waals surface area contributed by atoms with Gasteiger partial charge in [0, 0.05) is 23.8 Å². The fourth-order valence-electron chi connectivity index (χ4n) is 2.80. The average Bonchev–Trinajstić information content (AvgIpc) is 2.74. The van der Waals surface area contributed by atoms with Gasteiger partial charge in [0.05, 0.1) is 0 Å². The third-order valence-electron chi connectivity index (χ3n) is 3.59. The van der Waals surface area contributed by atoms with Crippen LogP contribution in [0.2, 0.25) is 5.02 Å². The maximum Gasteiger partial charge on any atom is 0.242 e. The number of amides is 1. The fraction of sp³-hybridized carbons (Fsp3) is 0.462. The maximum absolute atomic E-state index is 11.8. The zero-order valence-corrected chi connectivity index (χ0v) is 10.3.